The lowest BCUT2D eigenvalue weighted by molar-refractivity contribution is -0.119. The average molecular weight is 401 g/mol. The van der Waals surface area contributed by atoms with Crippen LogP contribution in [0.4, 0.5) is 5.69 Å². The van der Waals surface area contributed by atoms with Crippen LogP contribution in [0.1, 0.15) is 50.7 Å². The van der Waals surface area contributed by atoms with Gasteiger partial charge in [-0.2, -0.15) is 0 Å². The summed E-state index contributed by atoms with van der Waals surface area (Å²) in [5.74, 6) is -0.905. The van der Waals surface area contributed by atoms with Crippen molar-refractivity contribution in [3.63, 3.8) is 0 Å². The molecule has 0 saturated heterocycles. The highest BCUT2D eigenvalue weighted by atomic mass is 32.1. The molecule has 0 unspecified atom stereocenters. The first kappa shape index (κ1) is 20.1. The van der Waals surface area contributed by atoms with Crippen molar-refractivity contribution in [3.8, 4) is 0 Å². The SMILES string of the molecule is CC(C)CNC(=O)c1ccccc1NC(=O)COC(=O)c1cc2c(s1)CCC2. The molecule has 3 rings (SSSR count). The van der Waals surface area contributed by atoms with Gasteiger partial charge in [0.15, 0.2) is 6.61 Å². The quantitative estimate of drug-likeness (QED) is 0.698. The van der Waals surface area contributed by atoms with Crippen LogP contribution >= 0.6 is 11.3 Å². The van der Waals surface area contributed by atoms with Gasteiger partial charge in [-0.05, 0) is 48.9 Å². The van der Waals surface area contributed by atoms with E-state index >= 15 is 0 Å². The molecule has 2 amide bonds. The first-order valence-corrected chi connectivity index (χ1v) is 10.2. The molecule has 6 nitrogen and oxygen atoms in total. The Kier molecular flexibility index (Phi) is 6.46. The summed E-state index contributed by atoms with van der Waals surface area (Å²) in [5.41, 5.74) is 1.97. The summed E-state index contributed by atoms with van der Waals surface area (Å²) in [4.78, 5) is 38.5. The molecule has 148 valence electrons. The third-order valence-electron chi connectivity index (χ3n) is 4.40. The van der Waals surface area contributed by atoms with Crippen molar-refractivity contribution in [2.75, 3.05) is 18.5 Å². The molecule has 1 heterocycles. The lowest BCUT2D eigenvalue weighted by Crippen LogP contribution is -2.29. The zero-order valence-corrected chi connectivity index (χ0v) is 16.9. The van der Waals surface area contributed by atoms with Gasteiger partial charge in [-0.25, -0.2) is 4.79 Å². The van der Waals surface area contributed by atoms with Gasteiger partial charge in [-0.3, -0.25) is 9.59 Å². The van der Waals surface area contributed by atoms with E-state index in [-0.39, 0.29) is 5.91 Å². The number of carbonyl (C=O) groups excluding carboxylic acids is 3. The maximum Gasteiger partial charge on any atom is 0.348 e. The number of fused-ring (bicyclic) bond motifs is 1. The average Bonchev–Trinajstić information content (AvgIpc) is 3.26. The fourth-order valence-electron chi connectivity index (χ4n) is 3.00. The molecule has 2 aromatic rings. The highest BCUT2D eigenvalue weighted by Gasteiger charge is 2.20. The Balaban J connectivity index is 1.55. The van der Waals surface area contributed by atoms with E-state index in [2.05, 4.69) is 10.6 Å². The van der Waals surface area contributed by atoms with E-state index in [1.807, 2.05) is 19.9 Å². The van der Waals surface area contributed by atoms with Gasteiger partial charge < -0.3 is 15.4 Å². The highest BCUT2D eigenvalue weighted by molar-refractivity contribution is 7.14. The molecule has 0 aliphatic heterocycles. The number of nitrogens with one attached hydrogen (secondary N) is 2. The Morgan fingerprint density at radius 2 is 1.96 bits per heavy atom. The molecule has 1 aromatic heterocycles. The Labute approximate surface area is 168 Å². The van der Waals surface area contributed by atoms with Crippen LogP contribution in [-0.2, 0) is 22.4 Å². The fourth-order valence-corrected chi connectivity index (χ4v) is 4.15. The molecule has 0 saturated carbocycles. The minimum absolute atomic E-state index is 0.255. The molecule has 2 N–H and O–H groups in total. The molecule has 0 atom stereocenters. The molecule has 28 heavy (non-hydrogen) atoms. The summed E-state index contributed by atoms with van der Waals surface area (Å²) >= 11 is 1.44. The van der Waals surface area contributed by atoms with Crippen LogP contribution in [0.25, 0.3) is 0 Å². The number of hydrogen-bond donors (Lipinski definition) is 2. The number of rotatable bonds is 7. The number of hydrogen-bond acceptors (Lipinski definition) is 5. The number of aryl methyl sites for hydroxylation is 2. The number of para-hydroxylation sites is 1. The predicted octanol–water partition coefficient (Wildman–Crippen LogP) is 3.42. The topological polar surface area (TPSA) is 84.5 Å². The third kappa shape index (κ3) is 4.98. The number of thiophene rings is 1. The second-order valence-corrected chi connectivity index (χ2v) is 8.32. The minimum Gasteiger partial charge on any atom is -0.451 e. The van der Waals surface area contributed by atoms with Crippen LogP contribution in [0.15, 0.2) is 30.3 Å². The van der Waals surface area contributed by atoms with Crippen molar-refractivity contribution in [1.29, 1.82) is 0 Å². The number of benzene rings is 1. The van der Waals surface area contributed by atoms with E-state index in [9.17, 15) is 14.4 Å². The molecule has 0 radical (unpaired) electrons. The lowest BCUT2D eigenvalue weighted by Gasteiger charge is -2.12. The summed E-state index contributed by atoms with van der Waals surface area (Å²) in [6, 6.07) is 8.61. The largest absolute Gasteiger partial charge is 0.451 e. The van der Waals surface area contributed by atoms with Crippen molar-refractivity contribution >= 4 is 34.8 Å². The second-order valence-electron chi connectivity index (χ2n) is 7.19. The monoisotopic (exact) mass is 400 g/mol. The number of esters is 1. The standard InChI is InChI=1S/C21H24N2O4S/c1-13(2)11-22-20(25)15-7-3-4-8-16(15)23-19(24)12-27-21(26)18-10-14-6-5-9-17(14)28-18/h3-4,7-8,10,13H,5-6,9,11-12H2,1-2H3,(H,22,25)(H,23,24). The van der Waals surface area contributed by atoms with Crippen LogP contribution in [0.3, 0.4) is 0 Å². The van der Waals surface area contributed by atoms with Gasteiger partial charge in [-0.1, -0.05) is 26.0 Å². The summed E-state index contributed by atoms with van der Waals surface area (Å²) in [7, 11) is 0. The predicted molar refractivity (Wildman–Crippen MR) is 109 cm³/mol. The van der Waals surface area contributed by atoms with Crippen LogP contribution in [-0.4, -0.2) is 30.9 Å². The van der Waals surface area contributed by atoms with Gasteiger partial charge in [-0.15, -0.1) is 11.3 Å². The van der Waals surface area contributed by atoms with E-state index in [1.54, 1.807) is 24.3 Å². The molecule has 0 bridgehead atoms. The lowest BCUT2D eigenvalue weighted by atomic mass is 10.1. The Bertz CT molecular complexity index is 867. The first-order chi connectivity index (χ1) is 13.4. The Morgan fingerprint density at radius 3 is 2.71 bits per heavy atom. The normalized spacial score (nSPS) is 12.5. The van der Waals surface area contributed by atoms with Crippen molar-refractivity contribution in [3.05, 3.63) is 51.2 Å². The maximum absolute atomic E-state index is 12.3. The van der Waals surface area contributed by atoms with Crippen LogP contribution in [0, 0.1) is 5.92 Å². The number of ether oxygens (including phenoxy) is 1. The van der Waals surface area contributed by atoms with E-state index in [0.717, 1.165) is 19.3 Å². The number of carbonyl (C=O) groups is 3. The molecule has 0 fully saturated rings. The van der Waals surface area contributed by atoms with E-state index in [4.69, 9.17) is 4.74 Å². The van der Waals surface area contributed by atoms with Gasteiger partial charge in [0, 0.05) is 11.4 Å². The first-order valence-electron chi connectivity index (χ1n) is 9.40. The molecule has 1 aliphatic carbocycles. The zero-order chi connectivity index (χ0) is 20.1. The van der Waals surface area contributed by atoms with Crippen molar-refractivity contribution in [2.24, 2.45) is 5.92 Å². The molecular formula is C21H24N2O4S. The van der Waals surface area contributed by atoms with Crippen LogP contribution in [0.5, 0.6) is 0 Å². The maximum atomic E-state index is 12.3. The Morgan fingerprint density at radius 1 is 1.18 bits per heavy atom. The molecule has 0 spiro atoms. The summed E-state index contributed by atoms with van der Waals surface area (Å²) in [6.45, 7) is 4.15. The van der Waals surface area contributed by atoms with Crippen molar-refractivity contribution in [1.82, 2.24) is 5.32 Å². The van der Waals surface area contributed by atoms with Gasteiger partial charge >= 0.3 is 5.97 Å². The molecule has 1 aromatic carbocycles. The third-order valence-corrected chi connectivity index (χ3v) is 5.62. The smallest absolute Gasteiger partial charge is 0.348 e. The molecule has 7 heteroatoms. The van der Waals surface area contributed by atoms with Crippen LogP contribution < -0.4 is 10.6 Å². The summed E-state index contributed by atoms with van der Waals surface area (Å²) < 4.78 is 5.14. The van der Waals surface area contributed by atoms with Crippen LogP contribution in [0.2, 0.25) is 0 Å². The second kappa shape index (κ2) is 9.01. The van der Waals surface area contributed by atoms with Gasteiger partial charge in [0.1, 0.15) is 4.88 Å². The van der Waals surface area contributed by atoms with Gasteiger partial charge in [0.2, 0.25) is 0 Å². The summed E-state index contributed by atoms with van der Waals surface area (Å²) in [5, 5.41) is 5.48. The van der Waals surface area contributed by atoms with Crippen molar-refractivity contribution < 1.29 is 19.1 Å². The van der Waals surface area contributed by atoms with E-state index < -0.39 is 18.5 Å². The number of anilines is 1. The van der Waals surface area contributed by atoms with Gasteiger partial charge in [0.25, 0.3) is 11.8 Å². The van der Waals surface area contributed by atoms with Gasteiger partial charge in [0.05, 0.1) is 11.3 Å². The van der Waals surface area contributed by atoms with E-state index in [1.165, 1.54) is 21.8 Å². The number of amides is 2. The Hall–Kier alpha value is -2.67. The highest BCUT2D eigenvalue weighted by Crippen LogP contribution is 2.30. The summed E-state index contributed by atoms with van der Waals surface area (Å²) in [6.07, 6.45) is 3.13. The minimum atomic E-state index is -0.488. The van der Waals surface area contributed by atoms with E-state index in [0.29, 0.717) is 28.6 Å². The molecular weight excluding hydrogens is 376 g/mol. The zero-order valence-electron chi connectivity index (χ0n) is 16.0. The fraction of sp³-hybridized carbons (Fsp3) is 0.381. The molecule has 1 aliphatic rings. The van der Waals surface area contributed by atoms with Crippen molar-refractivity contribution in [2.45, 2.75) is 33.1 Å².